The largest absolute Gasteiger partial charge is 0.497 e. The molecule has 9 nitrogen and oxygen atoms in total. The Morgan fingerprint density at radius 2 is 1.86 bits per heavy atom. The van der Waals surface area contributed by atoms with Crippen molar-refractivity contribution in [1.29, 1.82) is 0 Å². The number of hydrogen-bond acceptors (Lipinski definition) is 6. The highest BCUT2D eigenvalue weighted by atomic mass is 19.1. The number of methoxy groups -OCH3 is 1. The van der Waals surface area contributed by atoms with Gasteiger partial charge in [-0.3, -0.25) is 14.4 Å². The molecule has 2 amide bonds. The highest BCUT2D eigenvalue weighted by Crippen LogP contribution is 2.37. The van der Waals surface area contributed by atoms with E-state index in [1.54, 1.807) is 39.0 Å². The number of anilines is 1. The van der Waals surface area contributed by atoms with Crippen molar-refractivity contribution in [2.24, 2.45) is 0 Å². The molecule has 0 bridgehead atoms. The van der Waals surface area contributed by atoms with Gasteiger partial charge in [-0.25, -0.2) is 8.78 Å². The summed E-state index contributed by atoms with van der Waals surface area (Å²) in [7, 11) is 1.48. The summed E-state index contributed by atoms with van der Waals surface area (Å²) >= 11 is 0. The first-order valence-corrected chi connectivity index (χ1v) is 11.6. The number of carbonyl (C=O) groups is 2. The zero-order valence-corrected chi connectivity index (χ0v) is 20.8. The summed E-state index contributed by atoms with van der Waals surface area (Å²) in [5, 5.41) is 4.66. The lowest BCUT2D eigenvalue weighted by Gasteiger charge is -2.29. The Kier molecular flexibility index (Phi) is 7.06. The Morgan fingerprint density at radius 3 is 2.46 bits per heavy atom. The number of hydrogen-bond donors (Lipinski definition) is 2. The number of aromatic nitrogens is 1. The van der Waals surface area contributed by atoms with Crippen LogP contribution in [0.5, 0.6) is 11.5 Å². The molecule has 1 aromatic heterocycles. The zero-order chi connectivity index (χ0) is 26.9. The van der Waals surface area contributed by atoms with Crippen molar-refractivity contribution in [3.8, 4) is 11.5 Å². The second kappa shape index (κ2) is 10.1. The molecule has 37 heavy (non-hydrogen) atoms. The second-order valence-electron chi connectivity index (χ2n) is 9.65. The average molecular weight is 516 g/mol. The predicted octanol–water partition coefficient (Wildman–Crippen LogP) is 3.70. The highest BCUT2D eigenvalue weighted by Gasteiger charge is 2.36. The monoisotopic (exact) mass is 515 g/mol. The standard InChI is InChI=1S/C26H27F2N3O6/c1-26(2,3)23-18(27)9-14(10-19(23)28)29-25(34)24-17-6-5-15(35-4)11-20(17)36-8-7-31(24)22(33)13-16-12-21(32)30-37-16/h5-6,9-12,24H,7-8,13H2,1-4H3,(H,29,34)(H,30,32)/t24-/m1/s1. The maximum absolute atomic E-state index is 14.8. The maximum Gasteiger partial charge on any atom is 0.280 e. The van der Waals surface area contributed by atoms with Gasteiger partial charge >= 0.3 is 0 Å². The van der Waals surface area contributed by atoms with Gasteiger partial charge in [-0.15, -0.1) is 0 Å². The topological polar surface area (TPSA) is 114 Å². The number of fused-ring (bicyclic) bond motifs is 1. The van der Waals surface area contributed by atoms with Crippen LogP contribution in [-0.4, -0.2) is 42.1 Å². The molecule has 0 unspecified atom stereocenters. The van der Waals surface area contributed by atoms with Crippen molar-refractivity contribution in [2.75, 3.05) is 25.6 Å². The number of nitrogens with zero attached hydrogens (tertiary/aromatic N) is 1. The summed E-state index contributed by atoms with van der Waals surface area (Å²) in [5.41, 5.74) is -1.14. The smallest absolute Gasteiger partial charge is 0.280 e. The minimum absolute atomic E-state index is 0.0221. The normalized spacial score (nSPS) is 15.4. The van der Waals surface area contributed by atoms with Gasteiger partial charge in [-0.1, -0.05) is 20.8 Å². The number of rotatable bonds is 5. The number of aromatic amines is 1. The van der Waals surface area contributed by atoms with Crippen LogP contribution in [0.1, 0.15) is 43.7 Å². The summed E-state index contributed by atoms with van der Waals surface area (Å²) in [6.45, 7) is 5.13. The van der Waals surface area contributed by atoms with Crippen molar-refractivity contribution in [2.45, 2.75) is 38.6 Å². The molecule has 3 aromatic rings. The molecule has 0 aliphatic carbocycles. The lowest BCUT2D eigenvalue weighted by molar-refractivity contribution is -0.138. The number of ether oxygens (including phenoxy) is 2. The van der Waals surface area contributed by atoms with E-state index in [4.69, 9.17) is 14.0 Å². The van der Waals surface area contributed by atoms with E-state index in [2.05, 4.69) is 10.5 Å². The van der Waals surface area contributed by atoms with Gasteiger partial charge in [-0.05, 0) is 29.7 Å². The summed E-state index contributed by atoms with van der Waals surface area (Å²) in [6, 6.07) is 6.81. The first kappa shape index (κ1) is 25.9. The van der Waals surface area contributed by atoms with E-state index in [0.717, 1.165) is 18.2 Å². The van der Waals surface area contributed by atoms with Crippen LogP contribution in [0.3, 0.4) is 0 Å². The van der Waals surface area contributed by atoms with Crippen molar-refractivity contribution < 1.29 is 32.4 Å². The summed E-state index contributed by atoms with van der Waals surface area (Å²) in [4.78, 5) is 39.5. The van der Waals surface area contributed by atoms with Gasteiger partial charge in [0, 0.05) is 28.9 Å². The van der Waals surface area contributed by atoms with Gasteiger partial charge in [-0.2, -0.15) is 5.16 Å². The minimum atomic E-state index is -1.21. The molecule has 0 fully saturated rings. The van der Waals surface area contributed by atoms with Crippen LogP contribution in [-0.2, 0) is 21.4 Å². The lowest BCUT2D eigenvalue weighted by Crippen LogP contribution is -2.42. The molecule has 0 radical (unpaired) electrons. The fourth-order valence-electron chi connectivity index (χ4n) is 4.33. The molecular formula is C26H27F2N3O6. The molecule has 1 aliphatic rings. The van der Waals surface area contributed by atoms with Gasteiger partial charge in [0.25, 0.3) is 11.5 Å². The van der Waals surface area contributed by atoms with E-state index in [0.29, 0.717) is 17.1 Å². The van der Waals surface area contributed by atoms with Crippen LogP contribution in [0.15, 0.2) is 45.7 Å². The van der Waals surface area contributed by atoms with Crippen LogP contribution in [0.2, 0.25) is 0 Å². The molecule has 1 aliphatic heterocycles. The summed E-state index contributed by atoms with van der Waals surface area (Å²) in [6.07, 6.45) is -0.294. The molecule has 196 valence electrons. The quantitative estimate of drug-likeness (QED) is 0.536. The average Bonchev–Trinajstić information content (AvgIpc) is 3.11. The van der Waals surface area contributed by atoms with Crippen molar-refractivity contribution in [1.82, 2.24) is 10.1 Å². The van der Waals surface area contributed by atoms with E-state index in [-0.39, 0.29) is 36.6 Å². The lowest BCUT2D eigenvalue weighted by atomic mass is 9.86. The zero-order valence-electron chi connectivity index (χ0n) is 20.8. The number of amides is 2. The summed E-state index contributed by atoms with van der Waals surface area (Å²) in [5.74, 6) is -1.92. The van der Waals surface area contributed by atoms with Gasteiger partial charge in [0.2, 0.25) is 5.91 Å². The maximum atomic E-state index is 14.8. The molecular weight excluding hydrogens is 488 g/mol. The van der Waals surface area contributed by atoms with Crippen LogP contribution in [0, 0.1) is 11.6 Å². The first-order chi connectivity index (χ1) is 17.5. The van der Waals surface area contributed by atoms with Crippen molar-refractivity contribution in [3.63, 3.8) is 0 Å². The molecule has 2 aromatic carbocycles. The van der Waals surface area contributed by atoms with E-state index in [1.807, 2.05) is 0 Å². The fraction of sp³-hybridized carbons (Fsp3) is 0.346. The molecule has 2 N–H and O–H groups in total. The van der Waals surface area contributed by atoms with Crippen molar-refractivity contribution >= 4 is 17.5 Å². The van der Waals surface area contributed by atoms with Crippen molar-refractivity contribution in [3.05, 3.63) is 75.3 Å². The van der Waals surface area contributed by atoms with Crippen LogP contribution >= 0.6 is 0 Å². The van der Waals surface area contributed by atoms with Gasteiger partial charge in [0.1, 0.15) is 41.5 Å². The molecule has 0 spiro atoms. The third kappa shape index (κ3) is 5.50. The molecule has 0 saturated carbocycles. The SMILES string of the molecule is COc1ccc2c(c1)OCCN(C(=O)Cc1cc(=O)[nH]o1)[C@H]2C(=O)Nc1cc(F)c(C(C)(C)C)c(F)c1. The Bertz CT molecular complexity index is 1370. The number of benzene rings is 2. The summed E-state index contributed by atoms with van der Waals surface area (Å²) < 4.78 is 45.6. The molecule has 2 heterocycles. The second-order valence-corrected chi connectivity index (χ2v) is 9.65. The van der Waals surface area contributed by atoms with E-state index >= 15 is 0 Å². The fourth-order valence-corrected chi connectivity index (χ4v) is 4.33. The van der Waals surface area contributed by atoms with Crippen LogP contribution in [0.25, 0.3) is 0 Å². The predicted molar refractivity (Wildman–Crippen MR) is 130 cm³/mol. The minimum Gasteiger partial charge on any atom is -0.497 e. The van der Waals surface area contributed by atoms with E-state index < -0.39 is 40.5 Å². The third-order valence-corrected chi connectivity index (χ3v) is 5.95. The Labute approximate surface area is 211 Å². The van der Waals surface area contributed by atoms with Gasteiger partial charge in [0.05, 0.1) is 20.1 Å². The number of carbonyl (C=O) groups excluding carboxylic acids is 2. The van der Waals surface area contributed by atoms with E-state index in [1.165, 1.54) is 12.0 Å². The van der Waals surface area contributed by atoms with Crippen LogP contribution in [0.4, 0.5) is 14.5 Å². The third-order valence-electron chi connectivity index (χ3n) is 5.95. The van der Waals surface area contributed by atoms with Gasteiger partial charge in [0.15, 0.2) is 0 Å². The van der Waals surface area contributed by atoms with Gasteiger partial charge < -0.3 is 24.2 Å². The highest BCUT2D eigenvalue weighted by molar-refractivity contribution is 5.98. The number of nitrogens with one attached hydrogen (secondary N) is 2. The molecule has 0 saturated heterocycles. The number of H-pyrrole nitrogens is 1. The molecule has 4 rings (SSSR count). The Balaban J connectivity index is 1.71. The molecule has 11 heteroatoms. The first-order valence-electron chi connectivity index (χ1n) is 11.6. The van der Waals surface area contributed by atoms with Crippen LogP contribution < -0.4 is 20.3 Å². The Morgan fingerprint density at radius 1 is 1.16 bits per heavy atom. The van der Waals surface area contributed by atoms with E-state index in [9.17, 15) is 23.2 Å². The molecule has 1 atom stereocenters. The Hall–Kier alpha value is -4.15. The number of halogens is 2.